The molecule has 0 radical (unpaired) electrons. The van der Waals surface area contributed by atoms with E-state index < -0.39 is 62.7 Å². The number of rotatable bonds is 8. The Hall–Kier alpha value is -5.86. The van der Waals surface area contributed by atoms with Gasteiger partial charge in [-0.2, -0.15) is 0 Å². The maximum atomic E-state index is 11.6. The van der Waals surface area contributed by atoms with Gasteiger partial charge in [0.15, 0.2) is 0 Å². The number of aromatic hydroxyl groups is 4. The number of phenols is 4. The fourth-order valence-electron chi connectivity index (χ4n) is 6.45. The Balaban J connectivity index is 0.000000330. The first-order chi connectivity index (χ1) is 29.3. The Kier molecular flexibility index (Phi) is 17.9. The number of non-ortho nitro benzene ring substituents is 2. The van der Waals surface area contributed by atoms with Crippen molar-refractivity contribution in [1.82, 2.24) is 0 Å². The molecule has 0 amide bonds. The summed E-state index contributed by atoms with van der Waals surface area (Å²) in [4.78, 5) is 19.0. The van der Waals surface area contributed by atoms with Crippen LogP contribution in [0.4, 0.5) is 34.1 Å². The molecule has 0 saturated carbocycles. The predicted octanol–water partition coefficient (Wildman–Crippen LogP) is 0.273. The van der Waals surface area contributed by atoms with E-state index in [1.54, 1.807) is 60.7 Å². The van der Waals surface area contributed by atoms with E-state index >= 15 is 0 Å². The second-order valence-electron chi connectivity index (χ2n) is 13.1. The van der Waals surface area contributed by atoms with Crippen LogP contribution in [0.5, 0.6) is 23.0 Å². The second-order valence-corrected chi connectivity index (χ2v) is 15.8. The minimum atomic E-state index is -5.06. The third-order valence-corrected chi connectivity index (χ3v) is 11.0. The largest absolute Gasteiger partial charge is 1.00 e. The van der Waals surface area contributed by atoms with Gasteiger partial charge in [0, 0.05) is 86.1 Å². The van der Waals surface area contributed by atoms with Crippen LogP contribution in [-0.2, 0) is 37.6 Å². The van der Waals surface area contributed by atoms with Crippen molar-refractivity contribution in [3.05, 3.63) is 142 Å². The first-order valence-corrected chi connectivity index (χ1v) is 20.2. The van der Waals surface area contributed by atoms with Crippen molar-refractivity contribution in [2.24, 2.45) is 20.5 Å². The van der Waals surface area contributed by atoms with Crippen molar-refractivity contribution >= 4 is 97.5 Å². The molecule has 0 atom stereocenters. The number of nitro groups is 2. The Labute approximate surface area is 419 Å². The molecule has 318 valence electrons. The van der Waals surface area contributed by atoms with Gasteiger partial charge >= 0.3 is 56.6 Å². The average Bonchev–Trinajstić information content (AvgIpc) is 3.22. The standard InChI is InChI=1S/2C20H13N3O7S.Cr.3Li/c2*24-16-8-5-11-3-1-2-4-13(11)19(16)21-22-20-14-7-6-12(23(26)27)9-15(14)18(10-17(20)25)31(28,29)30;;;;/h2*1-10,24-25H,(H,28,29,30);;;;/q;;;3*+1/p-2. The number of phenolic OH excluding ortho intramolecular Hbond substituents is 4. The van der Waals surface area contributed by atoms with Gasteiger partial charge in [0.2, 0.25) is 0 Å². The molecule has 4 N–H and O–H groups in total. The molecule has 0 spiro atoms. The van der Waals surface area contributed by atoms with E-state index in [9.17, 15) is 66.6 Å². The van der Waals surface area contributed by atoms with Crippen LogP contribution in [0.25, 0.3) is 43.1 Å². The number of nitrogens with zero attached hydrogens (tertiary/aromatic N) is 6. The van der Waals surface area contributed by atoms with Gasteiger partial charge in [0.1, 0.15) is 66.0 Å². The van der Waals surface area contributed by atoms with Gasteiger partial charge < -0.3 is 29.5 Å². The van der Waals surface area contributed by atoms with Gasteiger partial charge in [-0.3, -0.25) is 20.2 Å². The Morgan fingerprint density at radius 1 is 0.409 bits per heavy atom. The van der Waals surface area contributed by atoms with E-state index in [0.717, 1.165) is 35.0 Å². The normalized spacial score (nSPS) is 11.3. The molecule has 0 fully saturated rings. The minimum Gasteiger partial charge on any atom is -0.744 e. The van der Waals surface area contributed by atoms with E-state index in [1.807, 2.05) is 0 Å². The molecule has 20 nitrogen and oxygen atoms in total. The molecular formula is C40H24CrLi3N6O14S2+. The first-order valence-electron chi connectivity index (χ1n) is 17.4. The number of benzene rings is 8. The summed E-state index contributed by atoms with van der Waals surface area (Å²) in [6.07, 6.45) is 0. The summed E-state index contributed by atoms with van der Waals surface area (Å²) in [6.45, 7) is 0. The van der Waals surface area contributed by atoms with Crippen LogP contribution in [0.15, 0.2) is 152 Å². The molecule has 0 bridgehead atoms. The molecule has 8 rings (SSSR count). The summed E-state index contributed by atoms with van der Waals surface area (Å²) in [6, 6.07) is 28.0. The maximum absolute atomic E-state index is 11.6. The summed E-state index contributed by atoms with van der Waals surface area (Å²) in [5.74, 6) is -1.69. The first kappa shape index (κ1) is 54.5. The van der Waals surface area contributed by atoms with Crippen LogP contribution in [0.3, 0.4) is 0 Å². The third kappa shape index (κ3) is 11.2. The van der Waals surface area contributed by atoms with Crippen molar-refractivity contribution < 1.29 is 130 Å². The summed E-state index contributed by atoms with van der Waals surface area (Å²) >= 11 is 0. The third-order valence-electron chi connectivity index (χ3n) is 9.29. The molecule has 0 unspecified atom stereocenters. The van der Waals surface area contributed by atoms with E-state index in [2.05, 4.69) is 20.5 Å². The number of nitro benzene ring substituents is 2. The zero-order chi connectivity index (χ0) is 44.7. The number of azo groups is 2. The van der Waals surface area contributed by atoms with Gasteiger partial charge in [-0.1, -0.05) is 60.7 Å². The smallest absolute Gasteiger partial charge is 0.744 e. The van der Waals surface area contributed by atoms with E-state index in [-0.39, 0.29) is 130 Å². The number of hydrogen-bond acceptors (Lipinski definition) is 18. The monoisotopic (exact) mass is 949 g/mol. The molecule has 8 aromatic rings. The Morgan fingerprint density at radius 3 is 1.05 bits per heavy atom. The van der Waals surface area contributed by atoms with Crippen molar-refractivity contribution in [1.29, 1.82) is 0 Å². The summed E-state index contributed by atoms with van der Waals surface area (Å²) in [5, 5.41) is 81.3. The van der Waals surface area contributed by atoms with Crippen molar-refractivity contribution in [2.75, 3.05) is 0 Å². The van der Waals surface area contributed by atoms with Gasteiger partial charge in [-0.25, -0.2) is 16.8 Å². The Bertz CT molecular complexity index is 3290. The van der Waals surface area contributed by atoms with Gasteiger partial charge in [0.05, 0.1) is 19.6 Å². The second kappa shape index (κ2) is 21.6. The van der Waals surface area contributed by atoms with Gasteiger partial charge in [-0.05, 0) is 35.0 Å². The van der Waals surface area contributed by atoms with Crippen LogP contribution < -0.4 is 56.6 Å². The topological polar surface area (TPSA) is 331 Å². The minimum absolute atomic E-state index is 0. The van der Waals surface area contributed by atoms with Gasteiger partial charge in [-0.15, -0.1) is 20.5 Å². The summed E-state index contributed by atoms with van der Waals surface area (Å²) < 4.78 is 69.8. The molecule has 8 aromatic carbocycles. The van der Waals surface area contributed by atoms with Gasteiger partial charge in [0.25, 0.3) is 11.4 Å². The van der Waals surface area contributed by atoms with E-state index in [4.69, 9.17) is 0 Å². The van der Waals surface area contributed by atoms with Crippen LogP contribution >= 0.6 is 0 Å². The molecule has 0 saturated heterocycles. The maximum Gasteiger partial charge on any atom is 1.00 e. The van der Waals surface area contributed by atoms with Crippen LogP contribution in [0.2, 0.25) is 0 Å². The number of hydrogen-bond donors (Lipinski definition) is 4. The molecule has 0 aliphatic carbocycles. The van der Waals surface area contributed by atoms with Crippen LogP contribution in [-0.4, -0.2) is 56.2 Å². The fourth-order valence-corrected chi connectivity index (χ4v) is 7.84. The van der Waals surface area contributed by atoms with E-state index in [0.29, 0.717) is 22.9 Å². The predicted molar refractivity (Wildman–Crippen MR) is 220 cm³/mol. The van der Waals surface area contributed by atoms with Crippen molar-refractivity contribution in [2.45, 2.75) is 9.79 Å². The van der Waals surface area contributed by atoms with Crippen molar-refractivity contribution in [3.63, 3.8) is 0 Å². The zero-order valence-electron chi connectivity index (χ0n) is 34.3. The number of fused-ring (bicyclic) bond motifs is 4. The average molecular weight is 950 g/mol. The molecule has 66 heavy (non-hydrogen) atoms. The fraction of sp³-hybridized carbons (Fsp3) is 0. The van der Waals surface area contributed by atoms with Crippen LogP contribution in [0.1, 0.15) is 0 Å². The summed E-state index contributed by atoms with van der Waals surface area (Å²) in [5.41, 5.74) is -1.12. The molecule has 0 aromatic heterocycles. The van der Waals surface area contributed by atoms with Crippen molar-refractivity contribution in [3.8, 4) is 23.0 Å². The molecular weight excluding hydrogens is 925 g/mol. The zero-order valence-corrected chi connectivity index (χ0v) is 37.2. The molecule has 0 aliphatic rings. The summed E-state index contributed by atoms with van der Waals surface area (Å²) in [7, 11) is -10.1. The van der Waals surface area contributed by atoms with E-state index in [1.165, 1.54) is 24.3 Å². The molecule has 26 heteroatoms. The quantitative estimate of drug-likeness (QED) is 0.0523. The van der Waals surface area contributed by atoms with Crippen LogP contribution in [0, 0.1) is 20.2 Å². The SMILES string of the molecule is O=[N+]([O-])c1ccc2c(N=Nc3c(O)ccc4ccccc34)c(O)cc(S(=O)(=O)[O-])c2c1.O=[N+]([O-])c1ccc2c(N=Nc3c(O)ccc4ccccc34)c(O)cc(S(=O)(=O)[O-])c2c1.[Cr].[Li+].[Li+].[Li+]. The molecule has 0 heterocycles. The molecule has 0 aliphatic heterocycles. The Morgan fingerprint density at radius 2 is 0.727 bits per heavy atom.